The van der Waals surface area contributed by atoms with Gasteiger partial charge in [-0.1, -0.05) is 90.6 Å². The molecule has 7 rings (SSSR count). The van der Waals surface area contributed by atoms with E-state index in [1.807, 2.05) is 78.9 Å². The number of hydrogen-bond donors (Lipinski definition) is 3. The summed E-state index contributed by atoms with van der Waals surface area (Å²) in [7, 11) is 0. The van der Waals surface area contributed by atoms with Crippen LogP contribution in [0.15, 0.2) is 115 Å². The maximum absolute atomic E-state index is 12.8. The van der Waals surface area contributed by atoms with Gasteiger partial charge in [0, 0.05) is 24.3 Å². The van der Waals surface area contributed by atoms with Crippen LogP contribution in [-0.2, 0) is 22.6 Å². The second-order valence-electron chi connectivity index (χ2n) is 11.2. The minimum atomic E-state index is -0.555. The molecule has 11 heteroatoms. The number of rotatable bonds is 10. The molecule has 0 aliphatic carbocycles. The zero-order chi connectivity index (χ0) is 32.0. The molecule has 0 saturated carbocycles. The van der Waals surface area contributed by atoms with Crippen molar-refractivity contribution >= 4 is 28.7 Å². The van der Waals surface area contributed by atoms with Gasteiger partial charge in [0.25, 0.3) is 5.91 Å². The first-order valence-corrected chi connectivity index (χ1v) is 16.3. The van der Waals surface area contributed by atoms with E-state index in [-0.39, 0.29) is 30.4 Å². The van der Waals surface area contributed by atoms with Crippen LogP contribution >= 0.6 is 11.8 Å². The number of para-hydroxylation sites is 2. The summed E-state index contributed by atoms with van der Waals surface area (Å²) in [4.78, 5) is 25.8. The minimum absolute atomic E-state index is 0.00159. The van der Waals surface area contributed by atoms with Gasteiger partial charge in [0.15, 0.2) is 11.4 Å². The topological polar surface area (TPSA) is 135 Å². The summed E-state index contributed by atoms with van der Waals surface area (Å²) in [6, 6.07) is 31.6. The summed E-state index contributed by atoms with van der Waals surface area (Å²) in [6.07, 6.45) is 2.87. The Hall–Kier alpha value is -4.94. The average Bonchev–Trinajstić information content (AvgIpc) is 3.67. The fourth-order valence-corrected chi connectivity index (χ4v) is 6.29. The van der Waals surface area contributed by atoms with Crippen molar-refractivity contribution in [3.8, 4) is 11.1 Å². The number of hydrogen-bond acceptors (Lipinski definition) is 9. The fraction of sp³-hybridized carbons (Fsp3) is 0.194. The van der Waals surface area contributed by atoms with Gasteiger partial charge < -0.3 is 19.9 Å². The Morgan fingerprint density at radius 2 is 1.68 bits per heavy atom. The quantitative estimate of drug-likeness (QED) is 0.150. The summed E-state index contributed by atoms with van der Waals surface area (Å²) >= 11 is 1.56. The Bertz CT molecular complexity index is 1950. The molecule has 0 radical (unpaired) electrons. The molecule has 1 aliphatic heterocycles. The molecule has 3 N–H and O–H groups in total. The van der Waals surface area contributed by atoms with E-state index in [9.17, 15) is 9.90 Å². The van der Waals surface area contributed by atoms with Crippen molar-refractivity contribution in [1.82, 2.24) is 30.5 Å². The number of aliphatic hydroxyl groups is 1. The lowest BCUT2D eigenvalue weighted by molar-refractivity contribution is -0.245. The van der Waals surface area contributed by atoms with E-state index in [0.717, 1.165) is 44.1 Å². The fourth-order valence-electron chi connectivity index (χ4n) is 5.49. The summed E-state index contributed by atoms with van der Waals surface area (Å²) in [6.45, 7) is 0.357. The molecule has 1 saturated heterocycles. The highest BCUT2D eigenvalue weighted by Crippen LogP contribution is 2.39. The second kappa shape index (κ2) is 14.2. The predicted octanol–water partition coefficient (Wildman–Crippen LogP) is 6.17. The summed E-state index contributed by atoms with van der Waals surface area (Å²) < 4.78 is 13.0. The van der Waals surface area contributed by atoms with E-state index in [1.165, 1.54) is 12.5 Å². The third kappa shape index (κ3) is 7.39. The lowest BCUT2D eigenvalue weighted by Crippen LogP contribution is -2.31. The second-order valence-corrected chi connectivity index (χ2v) is 12.2. The van der Waals surface area contributed by atoms with Crippen LogP contribution in [0, 0.1) is 0 Å². The van der Waals surface area contributed by atoms with Crippen molar-refractivity contribution in [1.29, 1.82) is 0 Å². The van der Waals surface area contributed by atoms with E-state index in [4.69, 9.17) is 9.47 Å². The molecule has 47 heavy (non-hydrogen) atoms. The van der Waals surface area contributed by atoms with E-state index in [0.29, 0.717) is 24.2 Å². The Labute approximate surface area is 275 Å². The SMILES string of the molecule is O=C(NCc1cccc(-c2ccc([C@H]3O[C@@H](CSc4ncn[nH]4)C[C@@H](c4ccc(CO)cc4)O3)cc2)c1)c1cnc2ccccc2n1. The summed E-state index contributed by atoms with van der Waals surface area (Å²) in [5.74, 6) is 0.417. The van der Waals surface area contributed by atoms with Gasteiger partial charge in [-0.2, -0.15) is 5.10 Å². The predicted molar refractivity (Wildman–Crippen MR) is 178 cm³/mol. The van der Waals surface area contributed by atoms with Crippen LogP contribution < -0.4 is 5.32 Å². The molecule has 10 nitrogen and oxygen atoms in total. The number of nitrogens with one attached hydrogen (secondary N) is 2. The van der Waals surface area contributed by atoms with Crippen molar-refractivity contribution in [2.45, 2.75) is 43.2 Å². The van der Waals surface area contributed by atoms with Crippen LogP contribution in [0.4, 0.5) is 0 Å². The van der Waals surface area contributed by atoms with Gasteiger partial charge in [-0.05, 0) is 46.0 Å². The molecular weight excluding hydrogens is 613 g/mol. The van der Waals surface area contributed by atoms with Crippen LogP contribution in [0.3, 0.4) is 0 Å². The van der Waals surface area contributed by atoms with Gasteiger partial charge in [-0.15, -0.1) is 0 Å². The molecule has 236 valence electrons. The number of aromatic nitrogens is 5. The Balaban J connectivity index is 1.03. The van der Waals surface area contributed by atoms with E-state index in [2.05, 4.69) is 48.7 Å². The molecule has 3 atom stereocenters. The first-order valence-electron chi connectivity index (χ1n) is 15.3. The molecule has 0 unspecified atom stereocenters. The van der Waals surface area contributed by atoms with Gasteiger partial charge in [0.05, 0.1) is 36.0 Å². The largest absolute Gasteiger partial charge is 0.392 e. The number of fused-ring (bicyclic) bond motifs is 1. The number of H-pyrrole nitrogens is 1. The van der Waals surface area contributed by atoms with E-state index < -0.39 is 6.29 Å². The number of carbonyl (C=O) groups is 1. The molecule has 1 aliphatic rings. The van der Waals surface area contributed by atoms with Gasteiger partial charge in [-0.3, -0.25) is 14.9 Å². The standard InChI is InChI=1S/C36H32N6O4S/c43-20-23-8-10-26(11-9-23)33-17-29(21-47-36-39-22-40-42-36)45-35(46-33)27-14-12-25(13-15-27)28-5-3-4-24(16-28)18-38-34(44)32-19-37-30-6-1-2-7-31(30)41-32/h1-16,19,22,29,33,35,43H,17-18,20-21H2,(H,38,44)(H,39,40,42)/t29-,33+,35+/m1/s1. The number of amides is 1. The third-order valence-electron chi connectivity index (χ3n) is 7.99. The van der Waals surface area contributed by atoms with Gasteiger partial charge in [0.1, 0.15) is 12.0 Å². The average molecular weight is 645 g/mol. The molecule has 6 aromatic rings. The first-order chi connectivity index (χ1) is 23.1. The van der Waals surface area contributed by atoms with Crippen molar-refractivity contribution in [3.63, 3.8) is 0 Å². The van der Waals surface area contributed by atoms with Crippen LogP contribution in [-0.4, -0.2) is 48.0 Å². The number of aliphatic hydroxyl groups excluding tert-OH is 1. The number of thioether (sulfide) groups is 1. The number of carbonyl (C=O) groups excluding carboxylic acids is 1. The Morgan fingerprint density at radius 3 is 2.47 bits per heavy atom. The number of ether oxygens (including phenoxy) is 2. The maximum atomic E-state index is 12.8. The van der Waals surface area contributed by atoms with Gasteiger partial charge in [0.2, 0.25) is 0 Å². The number of aromatic amines is 1. The molecule has 0 spiro atoms. The van der Waals surface area contributed by atoms with Crippen molar-refractivity contribution < 1.29 is 19.4 Å². The van der Waals surface area contributed by atoms with Gasteiger partial charge >= 0.3 is 0 Å². The number of benzene rings is 4. The normalized spacial score (nSPS) is 17.9. The van der Waals surface area contributed by atoms with Crippen LogP contribution in [0.25, 0.3) is 22.2 Å². The van der Waals surface area contributed by atoms with E-state index in [1.54, 1.807) is 11.8 Å². The van der Waals surface area contributed by atoms with Crippen molar-refractivity contribution in [2.75, 3.05) is 5.75 Å². The maximum Gasteiger partial charge on any atom is 0.271 e. The Kier molecular flexibility index (Phi) is 9.29. The van der Waals surface area contributed by atoms with Crippen LogP contribution in [0.5, 0.6) is 0 Å². The molecule has 1 amide bonds. The highest BCUT2D eigenvalue weighted by atomic mass is 32.2. The van der Waals surface area contributed by atoms with Crippen molar-refractivity contribution in [3.05, 3.63) is 138 Å². The molecule has 1 fully saturated rings. The van der Waals surface area contributed by atoms with Gasteiger partial charge in [-0.25, -0.2) is 9.97 Å². The first kappa shape index (κ1) is 30.7. The lowest BCUT2D eigenvalue weighted by atomic mass is 9.99. The third-order valence-corrected chi connectivity index (χ3v) is 9.00. The molecule has 4 aromatic carbocycles. The molecule has 2 aromatic heterocycles. The van der Waals surface area contributed by atoms with Crippen LogP contribution in [0.2, 0.25) is 0 Å². The summed E-state index contributed by atoms with van der Waals surface area (Å²) in [5.41, 5.74) is 7.56. The minimum Gasteiger partial charge on any atom is -0.392 e. The molecule has 0 bridgehead atoms. The monoisotopic (exact) mass is 644 g/mol. The van der Waals surface area contributed by atoms with Crippen LogP contribution in [0.1, 0.15) is 51.6 Å². The van der Waals surface area contributed by atoms with E-state index >= 15 is 0 Å². The highest BCUT2D eigenvalue weighted by Gasteiger charge is 2.32. The lowest BCUT2D eigenvalue weighted by Gasteiger charge is -2.36. The molecular formula is C36H32N6O4S. The number of nitrogens with zero attached hydrogens (tertiary/aromatic N) is 4. The zero-order valence-corrected chi connectivity index (χ0v) is 26.1. The Morgan fingerprint density at radius 1 is 0.872 bits per heavy atom. The smallest absolute Gasteiger partial charge is 0.271 e. The van der Waals surface area contributed by atoms with Crippen molar-refractivity contribution in [2.24, 2.45) is 0 Å². The summed E-state index contributed by atoms with van der Waals surface area (Å²) in [5, 5.41) is 20.0. The highest BCUT2D eigenvalue weighted by molar-refractivity contribution is 7.99. The molecule has 3 heterocycles. The zero-order valence-electron chi connectivity index (χ0n) is 25.3.